The van der Waals surface area contributed by atoms with E-state index >= 15 is 0 Å². The van der Waals surface area contributed by atoms with Crippen molar-refractivity contribution in [2.24, 2.45) is 0 Å². The van der Waals surface area contributed by atoms with Gasteiger partial charge in [0.15, 0.2) is 0 Å². The summed E-state index contributed by atoms with van der Waals surface area (Å²) in [6.07, 6.45) is 5.42. The standard InChI is InChI=1S/C15H17N3O2/c1-11(14(19)17-8-2-3-9-17)18-10-6-13-12(15(18)20)5-4-7-16-13/h4-7,10-11H,2-3,8-9H2,1H3. The molecule has 5 heteroatoms. The molecule has 1 aliphatic rings. The summed E-state index contributed by atoms with van der Waals surface area (Å²) in [5.41, 5.74) is 0.505. The average Bonchev–Trinajstić information content (AvgIpc) is 3.01. The van der Waals surface area contributed by atoms with Gasteiger partial charge in [0.1, 0.15) is 6.04 Å². The van der Waals surface area contributed by atoms with Gasteiger partial charge in [-0.25, -0.2) is 0 Å². The number of pyridine rings is 2. The van der Waals surface area contributed by atoms with E-state index in [1.807, 2.05) is 4.90 Å². The van der Waals surface area contributed by atoms with Gasteiger partial charge in [0.2, 0.25) is 5.91 Å². The number of nitrogens with zero attached hydrogens (tertiary/aromatic N) is 3. The minimum absolute atomic E-state index is 0.0211. The molecule has 1 unspecified atom stereocenters. The second-order valence-electron chi connectivity index (χ2n) is 5.17. The lowest BCUT2D eigenvalue weighted by molar-refractivity contribution is -0.133. The fourth-order valence-electron chi connectivity index (χ4n) is 2.71. The number of fused-ring (bicyclic) bond motifs is 1. The molecule has 5 nitrogen and oxygen atoms in total. The van der Waals surface area contributed by atoms with Gasteiger partial charge in [0.05, 0.1) is 10.9 Å². The minimum Gasteiger partial charge on any atom is -0.341 e. The molecule has 0 radical (unpaired) electrons. The van der Waals surface area contributed by atoms with Gasteiger partial charge in [-0.3, -0.25) is 14.6 Å². The number of hydrogen-bond donors (Lipinski definition) is 0. The Kier molecular flexibility index (Phi) is 3.26. The molecule has 1 aliphatic heterocycles. The van der Waals surface area contributed by atoms with E-state index < -0.39 is 6.04 Å². The number of likely N-dealkylation sites (tertiary alicyclic amines) is 1. The third kappa shape index (κ3) is 2.09. The third-order valence-electron chi connectivity index (χ3n) is 3.89. The molecule has 0 N–H and O–H groups in total. The van der Waals surface area contributed by atoms with Crippen molar-refractivity contribution in [1.29, 1.82) is 0 Å². The zero-order valence-electron chi connectivity index (χ0n) is 11.5. The summed E-state index contributed by atoms with van der Waals surface area (Å²) < 4.78 is 1.50. The first-order valence-corrected chi connectivity index (χ1v) is 6.93. The Morgan fingerprint density at radius 1 is 1.30 bits per heavy atom. The van der Waals surface area contributed by atoms with Crippen molar-refractivity contribution in [3.63, 3.8) is 0 Å². The van der Waals surface area contributed by atoms with E-state index in [1.54, 1.807) is 37.5 Å². The van der Waals surface area contributed by atoms with Crippen LogP contribution in [0.5, 0.6) is 0 Å². The number of carbonyl (C=O) groups is 1. The molecule has 3 rings (SSSR count). The monoisotopic (exact) mass is 271 g/mol. The van der Waals surface area contributed by atoms with Crippen molar-refractivity contribution in [2.75, 3.05) is 13.1 Å². The molecule has 0 spiro atoms. The fraction of sp³-hybridized carbons (Fsp3) is 0.400. The van der Waals surface area contributed by atoms with Crippen LogP contribution in [-0.4, -0.2) is 33.4 Å². The van der Waals surface area contributed by atoms with Crippen molar-refractivity contribution >= 4 is 16.8 Å². The molecule has 2 aromatic rings. The van der Waals surface area contributed by atoms with Crippen LogP contribution in [0.15, 0.2) is 35.4 Å². The molecule has 20 heavy (non-hydrogen) atoms. The molecule has 104 valence electrons. The van der Waals surface area contributed by atoms with E-state index in [-0.39, 0.29) is 11.5 Å². The maximum absolute atomic E-state index is 12.4. The molecule has 2 aromatic heterocycles. The lowest BCUT2D eigenvalue weighted by atomic mass is 10.2. The molecular formula is C15H17N3O2. The largest absolute Gasteiger partial charge is 0.341 e. The van der Waals surface area contributed by atoms with Crippen molar-refractivity contribution < 1.29 is 4.79 Å². The van der Waals surface area contributed by atoms with Gasteiger partial charge >= 0.3 is 0 Å². The van der Waals surface area contributed by atoms with Crippen LogP contribution in [0.1, 0.15) is 25.8 Å². The number of carbonyl (C=O) groups excluding carboxylic acids is 1. The van der Waals surface area contributed by atoms with Crippen molar-refractivity contribution in [1.82, 2.24) is 14.5 Å². The van der Waals surface area contributed by atoms with E-state index in [2.05, 4.69) is 4.98 Å². The van der Waals surface area contributed by atoms with Gasteiger partial charge in [-0.1, -0.05) is 0 Å². The Hall–Kier alpha value is -2.17. The molecule has 0 saturated carbocycles. The molecule has 0 bridgehead atoms. The first-order chi connectivity index (χ1) is 9.68. The van der Waals surface area contributed by atoms with Crippen LogP contribution in [0.3, 0.4) is 0 Å². The topological polar surface area (TPSA) is 55.2 Å². The van der Waals surface area contributed by atoms with Crippen LogP contribution >= 0.6 is 0 Å². The molecule has 1 atom stereocenters. The van der Waals surface area contributed by atoms with Crippen LogP contribution in [0.4, 0.5) is 0 Å². The summed E-state index contributed by atoms with van der Waals surface area (Å²) in [7, 11) is 0. The van der Waals surface area contributed by atoms with E-state index in [9.17, 15) is 9.59 Å². The summed E-state index contributed by atoms with van der Waals surface area (Å²) >= 11 is 0. The second kappa shape index (κ2) is 5.07. The van der Waals surface area contributed by atoms with Crippen LogP contribution in [0.25, 0.3) is 10.9 Å². The van der Waals surface area contributed by atoms with Gasteiger partial charge < -0.3 is 9.47 Å². The summed E-state index contributed by atoms with van der Waals surface area (Å²) in [6.45, 7) is 3.38. The normalized spacial score (nSPS) is 16.6. The van der Waals surface area contributed by atoms with E-state index in [1.165, 1.54) is 4.57 Å². The SMILES string of the molecule is CC(C(=O)N1CCCC1)n1ccc2ncccc2c1=O. The van der Waals surface area contributed by atoms with Crippen LogP contribution in [0.2, 0.25) is 0 Å². The highest BCUT2D eigenvalue weighted by Gasteiger charge is 2.25. The quantitative estimate of drug-likeness (QED) is 0.833. The minimum atomic E-state index is -0.467. The summed E-state index contributed by atoms with van der Waals surface area (Å²) in [5.74, 6) is 0.0211. The molecule has 1 amide bonds. The van der Waals surface area contributed by atoms with Crippen LogP contribution in [-0.2, 0) is 4.79 Å². The lowest BCUT2D eigenvalue weighted by Gasteiger charge is -2.22. The first-order valence-electron chi connectivity index (χ1n) is 6.93. The maximum Gasteiger partial charge on any atom is 0.260 e. The van der Waals surface area contributed by atoms with E-state index in [0.717, 1.165) is 25.9 Å². The lowest BCUT2D eigenvalue weighted by Crippen LogP contribution is -2.37. The molecule has 0 aliphatic carbocycles. The maximum atomic E-state index is 12.4. The van der Waals surface area contributed by atoms with E-state index in [0.29, 0.717) is 10.9 Å². The molecule has 3 heterocycles. The smallest absolute Gasteiger partial charge is 0.260 e. The van der Waals surface area contributed by atoms with Gasteiger partial charge in [-0.05, 0) is 38.0 Å². The molecule has 0 aromatic carbocycles. The third-order valence-corrected chi connectivity index (χ3v) is 3.89. The second-order valence-corrected chi connectivity index (χ2v) is 5.17. The molecule has 1 fully saturated rings. The van der Waals surface area contributed by atoms with E-state index in [4.69, 9.17) is 0 Å². The zero-order chi connectivity index (χ0) is 14.1. The Labute approximate surface area is 116 Å². The zero-order valence-corrected chi connectivity index (χ0v) is 11.5. The Bertz CT molecular complexity index is 702. The number of aromatic nitrogens is 2. The Balaban J connectivity index is 1.99. The van der Waals surface area contributed by atoms with Crippen LogP contribution in [0, 0.1) is 0 Å². The van der Waals surface area contributed by atoms with Gasteiger partial charge in [-0.2, -0.15) is 0 Å². The molecular weight excluding hydrogens is 254 g/mol. The molecule has 1 saturated heterocycles. The highest BCUT2D eigenvalue weighted by atomic mass is 16.2. The Morgan fingerprint density at radius 3 is 2.80 bits per heavy atom. The predicted molar refractivity (Wildman–Crippen MR) is 76.5 cm³/mol. The van der Waals surface area contributed by atoms with Crippen molar-refractivity contribution in [3.05, 3.63) is 40.9 Å². The highest BCUT2D eigenvalue weighted by molar-refractivity contribution is 5.81. The van der Waals surface area contributed by atoms with Crippen LogP contribution < -0.4 is 5.56 Å². The summed E-state index contributed by atoms with van der Waals surface area (Å²) in [6, 6.07) is 4.80. The number of amides is 1. The van der Waals surface area contributed by atoms with Crippen molar-refractivity contribution in [3.8, 4) is 0 Å². The summed E-state index contributed by atoms with van der Waals surface area (Å²) in [5, 5.41) is 0.552. The average molecular weight is 271 g/mol. The number of hydrogen-bond acceptors (Lipinski definition) is 3. The van der Waals surface area contributed by atoms with Gasteiger partial charge in [-0.15, -0.1) is 0 Å². The van der Waals surface area contributed by atoms with Crippen molar-refractivity contribution in [2.45, 2.75) is 25.8 Å². The van der Waals surface area contributed by atoms with Gasteiger partial charge in [0.25, 0.3) is 5.56 Å². The van der Waals surface area contributed by atoms with Gasteiger partial charge in [0, 0.05) is 25.5 Å². The fourth-order valence-corrected chi connectivity index (χ4v) is 2.71. The highest BCUT2D eigenvalue weighted by Crippen LogP contribution is 2.15. The summed E-state index contributed by atoms with van der Waals surface area (Å²) in [4.78, 5) is 30.8. The predicted octanol–water partition coefficient (Wildman–Crippen LogP) is 1.58. The first kappa shape index (κ1) is 12.8. The Morgan fingerprint density at radius 2 is 2.05 bits per heavy atom. The number of rotatable bonds is 2.